The minimum Gasteiger partial charge on any atom is -0.306 e. The van der Waals surface area contributed by atoms with Crippen LogP contribution in [0, 0.1) is 23.7 Å². The summed E-state index contributed by atoms with van der Waals surface area (Å²) in [5.74, 6) is 4.27. The zero-order valence-corrected chi connectivity index (χ0v) is 11.5. The van der Waals surface area contributed by atoms with E-state index in [1.807, 2.05) is 0 Å². The average Bonchev–Trinajstić information content (AvgIpc) is 2.24. The van der Waals surface area contributed by atoms with Crippen LogP contribution in [-0.4, -0.2) is 11.1 Å². The van der Waals surface area contributed by atoms with Gasteiger partial charge in [-0.05, 0) is 88.9 Å². The molecule has 1 saturated heterocycles. The predicted molar refractivity (Wildman–Crippen MR) is 70.8 cm³/mol. The van der Waals surface area contributed by atoms with Crippen LogP contribution in [0.4, 0.5) is 0 Å². The topological polar surface area (TPSA) is 12.0 Å². The van der Waals surface area contributed by atoms with Gasteiger partial charge in [-0.25, -0.2) is 0 Å². The second kappa shape index (κ2) is 3.29. The van der Waals surface area contributed by atoms with Crippen molar-refractivity contribution in [2.45, 2.75) is 76.3 Å². The first-order chi connectivity index (χ1) is 8.07. The zero-order chi connectivity index (χ0) is 11.7. The molecule has 4 saturated carbocycles. The van der Waals surface area contributed by atoms with E-state index in [4.69, 9.17) is 0 Å². The molecule has 1 heteroatoms. The Morgan fingerprint density at radius 2 is 1.41 bits per heavy atom. The molecular formula is C16H27N. The van der Waals surface area contributed by atoms with Crippen LogP contribution in [0.3, 0.4) is 0 Å². The highest BCUT2D eigenvalue weighted by Crippen LogP contribution is 2.60. The molecule has 4 bridgehead atoms. The maximum atomic E-state index is 4.15. The number of nitrogens with one attached hydrogen (secondary N) is 1. The quantitative estimate of drug-likeness (QED) is 0.672. The average molecular weight is 233 g/mol. The summed E-state index contributed by atoms with van der Waals surface area (Å²) in [5.41, 5.74) is 0.961. The van der Waals surface area contributed by atoms with Crippen molar-refractivity contribution in [3.05, 3.63) is 0 Å². The van der Waals surface area contributed by atoms with Crippen LogP contribution in [-0.2, 0) is 0 Å². The molecule has 0 unspecified atom stereocenters. The molecule has 4 aliphatic carbocycles. The minimum atomic E-state index is 0.396. The van der Waals surface area contributed by atoms with E-state index in [1.165, 1.54) is 19.3 Å². The van der Waals surface area contributed by atoms with Crippen molar-refractivity contribution in [1.82, 2.24) is 5.32 Å². The van der Waals surface area contributed by atoms with E-state index in [0.717, 1.165) is 23.7 Å². The van der Waals surface area contributed by atoms with E-state index in [2.05, 4.69) is 19.2 Å². The molecule has 0 aromatic rings. The van der Waals surface area contributed by atoms with Crippen LogP contribution in [0.25, 0.3) is 0 Å². The van der Waals surface area contributed by atoms with Crippen molar-refractivity contribution in [3.8, 4) is 0 Å². The van der Waals surface area contributed by atoms with Crippen molar-refractivity contribution in [2.75, 3.05) is 0 Å². The molecule has 1 spiro atoms. The third kappa shape index (κ3) is 1.47. The molecule has 0 aromatic carbocycles. The highest BCUT2D eigenvalue weighted by atomic mass is 15.1. The van der Waals surface area contributed by atoms with Gasteiger partial charge in [0.05, 0.1) is 0 Å². The third-order valence-corrected chi connectivity index (χ3v) is 6.56. The Bertz CT molecular complexity index is 302. The Morgan fingerprint density at radius 3 is 1.94 bits per heavy atom. The lowest BCUT2D eigenvalue weighted by molar-refractivity contribution is -0.101. The number of piperidine rings is 1. The van der Waals surface area contributed by atoms with Crippen molar-refractivity contribution in [2.24, 2.45) is 23.7 Å². The molecule has 17 heavy (non-hydrogen) atoms. The first kappa shape index (κ1) is 10.8. The van der Waals surface area contributed by atoms with Crippen LogP contribution in [0.15, 0.2) is 0 Å². The first-order valence-corrected chi connectivity index (χ1v) is 7.87. The van der Waals surface area contributed by atoms with Crippen LogP contribution in [0.1, 0.15) is 65.2 Å². The Labute approximate surface area is 106 Å². The van der Waals surface area contributed by atoms with Crippen molar-refractivity contribution < 1.29 is 0 Å². The van der Waals surface area contributed by atoms with Gasteiger partial charge in [0, 0.05) is 11.1 Å². The van der Waals surface area contributed by atoms with Gasteiger partial charge in [-0.2, -0.15) is 0 Å². The molecule has 1 aliphatic heterocycles. The molecule has 1 nitrogen and oxygen atoms in total. The monoisotopic (exact) mass is 233 g/mol. The first-order valence-electron chi connectivity index (χ1n) is 7.87. The highest BCUT2D eigenvalue weighted by Gasteiger charge is 2.58. The van der Waals surface area contributed by atoms with E-state index in [-0.39, 0.29) is 0 Å². The van der Waals surface area contributed by atoms with E-state index >= 15 is 0 Å². The van der Waals surface area contributed by atoms with Gasteiger partial charge in [0.2, 0.25) is 0 Å². The lowest BCUT2D eigenvalue weighted by Crippen LogP contribution is -2.70. The summed E-state index contributed by atoms with van der Waals surface area (Å²) in [4.78, 5) is 0. The molecule has 0 aromatic heterocycles. The molecule has 96 valence electrons. The summed E-state index contributed by atoms with van der Waals surface area (Å²) in [6.07, 6.45) is 12.1. The molecule has 0 radical (unpaired) electrons. The van der Waals surface area contributed by atoms with E-state index in [9.17, 15) is 0 Å². The second-order valence-corrected chi connectivity index (χ2v) is 8.21. The molecule has 5 rings (SSSR count). The Morgan fingerprint density at radius 1 is 0.824 bits per heavy atom. The van der Waals surface area contributed by atoms with Gasteiger partial charge in [-0.1, -0.05) is 0 Å². The van der Waals surface area contributed by atoms with Gasteiger partial charge in [0.1, 0.15) is 0 Å². The number of rotatable bonds is 0. The Balaban J connectivity index is 1.68. The normalized spacial score (nSPS) is 55.4. The van der Waals surface area contributed by atoms with Crippen LogP contribution in [0.5, 0.6) is 0 Å². The van der Waals surface area contributed by atoms with Crippen LogP contribution in [0.2, 0.25) is 0 Å². The molecule has 5 aliphatic rings. The summed E-state index contributed by atoms with van der Waals surface area (Å²) in [6, 6.07) is 0. The number of hydrogen-bond acceptors (Lipinski definition) is 1. The Hall–Kier alpha value is -0.0400. The van der Waals surface area contributed by atoms with Crippen molar-refractivity contribution >= 4 is 0 Å². The second-order valence-electron chi connectivity index (χ2n) is 8.21. The predicted octanol–water partition coefficient (Wildman–Crippen LogP) is 3.73. The smallest absolute Gasteiger partial charge is 0.0243 e. The Kier molecular flexibility index (Phi) is 2.10. The summed E-state index contributed by atoms with van der Waals surface area (Å²) in [5, 5.41) is 4.15. The molecule has 0 amide bonds. The fourth-order valence-corrected chi connectivity index (χ4v) is 6.22. The van der Waals surface area contributed by atoms with Gasteiger partial charge in [-0.3, -0.25) is 0 Å². The fourth-order valence-electron chi connectivity index (χ4n) is 6.22. The van der Waals surface area contributed by atoms with Crippen LogP contribution >= 0.6 is 0 Å². The summed E-state index contributed by atoms with van der Waals surface area (Å²) < 4.78 is 0. The SMILES string of the molecule is CC1(C)CCCC2(N1)C1CC3CC(C1)CC2C3. The largest absolute Gasteiger partial charge is 0.306 e. The summed E-state index contributed by atoms with van der Waals surface area (Å²) >= 11 is 0. The molecular weight excluding hydrogens is 206 g/mol. The minimum absolute atomic E-state index is 0.396. The van der Waals surface area contributed by atoms with Crippen molar-refractivity contribution in [1.29, 1.82) is 0 Å². The van der Waals surface area contributed by atoms with Gasteiger partial charge >= 0.3 is 0 Å². The zero-order valence-electron chi connectivity index (χ0n) is 11.5. The summed E-state index contributed by atoms with van der Waals surface area (Å²) in [7, 11) is 0. The van der Waals surface area contributed by atoms with Crippen molar-refractivity contribution in [3.63, 3.8) is 0 Å². The lowest BCUT2D eigenvalue weighted by atomic mass is 9.46. The van der Waals surface area contributed by atoms with Gasteiger partial charge in [0.25, 0.3) is 0 Å². The highest BCUT2D eigenvalue weighted by molar-refractivity contribution is 5.14. The summed E-state index contributed by atoms with van der Waals surface area (Å²) in [6.45, 7) is 4.86. The van der Waals surface area contributed by atoms with E-state index in [1.54, 1.807) is 32.1 Å². The fraction of sp³-hybridized carbons (Fsp3) is 1.00. The van der Waals surface area contributed by atoms with Crippen LogP contribution < -0.4 is 5.32 Å². The van der Waals surface area contributed by atoms with Gasteiger partial charge in [-0.15, -0.1) is 0 Å². The van der Waals surface area contributed by atoms with E-state index < -0.39 is 0 Å². The van der Waals surface area contributed by atoms with E-state index in [0.29, 0.717) is 11.1 Å². The maximum absolute atomic E-state index is 4.15. The third-order valence-electron chi connectivity index (χ3n) is 6.56. The molecule has 1 N–H and O–H groups in total. The molecule has 0 atom stereocenters. The van der Waals surface area contributed by atoms with Gasteiger partial charge in [0.15, 0.2) is 0 Å². The van der Waals surface area contributed by atoms with Gasteiger partial charge < -0.3 is 5.32 Å². The number of hydrogen-bond donors (Lipinski definition) is 1. The standard InChI is InChI=1S/C16H27N/c1-15(2)4-3-5-16(17-15)13-7-11-6-12(9-13)10-14(16)8-11/h11-14,17H,3-10H2,1-2H3. The maximum Gasteiger partial charge on any atom is 0.0243 e. The molecule has 1 heterocycles. The molecule has 5 fully saturated rings. The lowest BCUT2D eigenvalue weighted by Gasteiger charge is -2.65.